The van der Waals surface area contributed by atoms with Crippen LogP contribution in [-0.2, 0) is 0 Å². The van der Waals surface area contributed by atoms with Crippen LogP contribution in [0.5, 0.6) is 0 Å². The monoisotopic (exact) mass is 87.0 g/mol. The van der Waals surface area contributed by atoms with Crippen LogP contribution in [-0.4, -0.2) is 0 Å². The summed E-state index contributed by atoms with van der Waals surface area (Å²) in [4.78, 5) is 0. The van der Waals surface area contributed by atoms with E-state index in [-0.39, 0.29) is 5.57 Å². The van der Waals surface area contributed by atoms with Gasteiger partial charge in [0.05, 0.1) is 11.8 Å². The molecule has 0 fully saturated rings. The molecule has 0 saturated carbocycles. The molecular weight excluding hydrogens is 84.1 g/mol. The van der Waals surface area contributed by atoms with Gasteiger partial charge in [-0.2, -0.15) is 0 Å². The minimum absolute atomic E-state index is 0.264. The maximum absolute atomic E-state index is 4.82. The Morgan fingerprint density at radius 1 is 1.29 bits per heavy atom. The van der Waals surface area contributed by atoms with Gasteiger partial charge in [-0.05, 0) is 0 Å². The molecule has 0 bridgehead atoms. The molecule has 0 aromatic rings. The molecule has 0 spiro atoms. The molecular formula is C7H3+. The van der Waals surface area contributed by atoms with E-state index in [2.05, 4.69) is 17.6 Å². The summed E-state index contributed by atoms with van der Waals surface area (Å²) in [5, 5.41) is 0. The lowest BCUT2D eigenvalue weighted by molar-refractivity contribution is 1.95. The lowest BCUT2D eigenvalue weighted by Gasteiger charge is -1.55. The summed E-state index contributed by atoms with van der Waals surface area (Å²) in [6.07, 6.45) is 9.64. The SMILES string of the molecule is C#CC(=C=[CH+])C#C. The van der Waals surface area contributed by atoms with E-state index < -0.39 is 0 Å². The smallest absolute Gasteiger partial charge is 0.0904 e. The summed E-state index contributed by atoms with van der Waals surface area (Å²) in [5.41, 5.74) is 2.41. The zero-order chi connectivity index (χ0) is 5.70. The van der Waals surface area contributed by atoms with Gasteiger partial charge in [-0.1, -0.05) is 12.8 Å². The normalized spacial score (nSPS) is 4.71. The molecule has 0 N–H and O–H groups in total. The van der Waals surface area contributed by atoms with Gasteiger partial charge in [0.25, 0.3) is 5.57 Å². The van der Waals surface area contributed by atoms with E-state index in [1.54, 1.807) is 0 Å². The quantitative estimate of drug-likeness (QED) is 0.232. The third kappa shape index (κ3) is 1.43. The number of rotatable bonds is 0. The van der Waals surface area contributed by atoms with Crippen LogP contribution in [0.2, 0.25) is 0 Å². The van der Waals surface area contributed by atoms with Crippen molar-refractivity contribution in [1.82, 2.24) is 0 Å². The first-order valence-electron chi connectivity index (χ1n) is 1.62. The maximum Gasteiger partial charge on any atom is 0.264 e. The highest BCUT2D eigenvalue weighted by atomic mass is 13.7. The van der Waals surface area contributed by atoms with E-state index in [1.165, 1.54) is 0 Å². The lowest BCUT2D eigenvalue weighted by atomic mass is 10.3. The van der Waals surface area contributed by atoms with Crippen molar-refractivity contribution >= 4 is 0 Å². The lowest BCUT2D eigenvalue weighted by Crippen LogP contribution is -1.61. The maximum atomic E-state index is 4.82. The molecule has 0 amide bonds. The summed E-state index contributed by atoms with van der Waals surface area (Å²) in [7, 11) is 0. The summed E-state index contributed by atoms with van der Waals surface area (Å²) in [6, 6.07) is 0. The summed E-state index contributed by atoms with van der Waals surface area (Å²) >= 11 is 0. The van der Waals surface area contributed by atoms with Crippen LogP contribution in [0, 0.1) is 31.3 Å². The summed E-state index contributed by atoms with van der Waals surface area (Å²) in [6.45, 7) is 4.82. The molecule has 0 rings (SSSR count). The largest absolute Gasteiger partial charge is 0.264 e. The topological polar surface area (TPSA) is 0 Å². The molecule has 0 nitrogen and oxygen atoms in total. The molecule has 7 heavy (non-hydrogen) atoms. The van der Waals surface area contributed by atoms with Gasteiger partial charge in [-0.3, -0.25) is 0 Å². The molecule has 0 unspecified atom stereocenters. The Morgan fingerprint density at radius 3 is 1.71 bits per heavy atom. The van der Waals surface area contributed by atoms with E-state index in [1.807, 2.05) is 0 Å². The molecule has 0 aromatic carbocycles. The van der Waals surface area contributed by atoms with Crippen LogP contribution >= 0.6 is 0 Å². The molecule has 0 aliphatic carbocycles. The highest BCUT2D eigenvalue weighted by Gasteiger charge is 1.85. The van der Waals surface area contributed by atoms with Gasteiger partial charge in [0, 0.05) is 0 Å². The molecule has 0 saturated heterocycles. The molecule has 30 valence electrons. The first-order chi connectivity index (χ1) is 3.35. The van der Waals surface area contributed by atoms with Crippen LogP contribution < -0.4 is 0 Å². The van der Waals surface area contributed by atoms with Crippen molar-refractivity contribution in [2.24, 2.45) is 0 Å². The second-order valence-corrected chi connectivity index (χ2v) is 0.808. The molecule has 0 atom stereocenters. The zero-order valence-electron chi connectivity index (χ0n) is 3.73. The third-order valence-electron chi connectivity index (χ3n) is 0.433. The Balaban J connectivity index is 4.35. The second-order valence-electron chi connectivity index (χ2n) is 0.808. The van der Waals surface area contributed by atoms with Crippen LogP contribution in [0.15, 0.2) is 11.3 Å². The average molecular weight is 87.1 g/mol. The van der Waals surface area contributed by atoms with Crippen molar-refractivity contribution in [3.05, 3.63) is 17.9 Å². The standard InChI is InChI=1S/C7H3/c1-4-7(5-2)6-3/h1-3H/q+1. The molecule has 0 heterocycles. The van der Waals surface area contributed by atoms with Crippen molar-refractivity contribution in [2.45, 2.75) is 0 Å². The number of allylic oxidation sites excluding steroid dienone is 1. The number of hydrogen-bond donors (Lipinski definition) is 0. The third-order valence-corrected chi connectivity index (χ3v) is 0.433. The van der Waals surface area contributed by atoms with E-state index in [9.17, 15) is 0 Å². The molecule has 0 aliphatic rings. The fraction of sp³-hybridized carbons (Fsp3) is 0. The zero-order valence-corrected chi connectivity index (χ0v) is 3.73. The van der Waals surface area contributed by atoms with Crippen LogP contribution in [0.25, 0.3) is 0 Å². The van der Waals surface area contributed by atoms with Crippen molar-refractivity contribution in [3.63, 3.8) is 0 Å². The van der Waals surface area contributed by atoms with Crippen LogP contribution in [0.1, 0.15) is 0 Å². The van der Waals surface area contributed by atoms with Crippen LogP contribution in [0.4, 0.5) is 0 Å². The van der Waals surface area contributed by atoms with Crippen molar-refractivity contribution in [2.75, 3.05) is 0 Å². The van der Waals surface area contributed by atoms with Gasteiger partial charge in [0.1, 0.15) is 6.58 Å². The van der Waals surface area contributed by atoms with Crippen molar-refractivity contribution in [1.29, 1.82) is 0 Å². The first kappa shape index (κ1) is 5.55. The minimum atomic E-state index is 0.264. The van der Waals surface area contributed by atoms with Gasteiger partial charge in [-0.25, -0.2) is 0 Å². The Morgan fingerprint density at radius 2 is 1.71 bits per heavy atom. The van der Waals surface area contributed by atoms with E-state index in [4.69, 9.17) is 19.4 Å². The van der Waals surface area contributed by atoms with Gasteiger partial charge in [0.2, 0.25) is 0 Å². The van der Waals surface area contributed by atoms with Gasteiger partial charge < -0.3 is 0 Å². The van der Waals surface area contributed by atoms with Gasteiger partial charge in [0.15, 0.2) is 5.73 Å². The van der Waals surface area contributed by atoms with Gasteiger partial charge in [-0.15, -0.1) is 0 Å². The van der Waals surface area contributed by atoms with Crippen molar-refractivity contribution in [3.8, 4) is 24.7 Å². The Kier molecular flexibility index (Phi) is 2.20. The van der Waals surface area contributed by atoms with E-state index in [0.717, 1.165) is 0 Å². The Bertz CT molecular complexity index is 161. The highest BCUT2D eigenvalue weighted by molar-refractivity contribution is 5.39. The average Bonchev–Trinajstić information content (AvgIpc) is 1.72. The molecule has 0 radical (unpaired) electrons. The molecule has 0 aromatic heterocycles. The highest BCUT2D eigenvalue weighted by Crippen LogP contribution is 1.79. The predicted octanol–water partition coefficient (Wildman–Crippen LogP) is 0.767. The van der Waals surface area contributed by atoms with Crippen LogP contribution in [0.3, 0.4) is 0 Å². The fourth-order valence-electron chi connectivity index (χ4n) is 0.125. The summed E-state index contributed by atoms with van der Waals surface area (Å²) in [5.74, 6) is 4.29. The van der Waals surface area contributed by atoms with Gasteiger partial charge >= 0.3 is 0 Å². The fourth-order valence-corrected chi connectivity index (χ4v) is 0.125. The Labute approximate surface area is 43.5 Å². The second kappa shape index (κ2) is 2.77. The summed E-state index contributed by atoms with van der Waals surface area (Å²) < 4.78 is 0. The first-order valence-corrected chi connectivity index (χ1v) is 1.62. The minimum Gasteiger partial charge on any atom is -0.0904 e. The number of terminal acetylenes is 2. The molecule has 0 heteroatoms. The van der Waals surface area contributed by atoms with E-state index in [0.29, 0.717) is 0 Å². The van der Waals surface area contributed by atoms with Crippen molar-refractivity contribution < 1.29 is 0 Å². The molecule has 0 aliphatic heterocycles. The number of hydrogen-bond acceptors (Lipinski definition) is 0. The Hall–Kier alpha value is -1.45. The van der Waals surface area contributed by atoms with E-state index >= 15 is 0 Å². The predicted molar refractivity (Wildman–Crippen MR) is 29.0 cm³/mol.